The molecular weight excluding hydrogens is 349 g/mol. The Morgan fingerprint density at radius 3 is 2.79 bits per heavy atom. The molecule has 1 fully saturated rings. The highest BCUT2D eigenvalue weighted by molar-refractivity contribution is 14.1. The van der Waals surface area contributed by atoms with Crippen LogP contribution in [0.4, 0.5) is 0 Å². The van der Waals surface area contributed by atoms with Gasteiger partial charge in [0, 0.05) is 16.7 Å². The average Bonchev–Trinajstić information content (AvgIpc) is 2.45. The number of halogens is 1. The molecule has 0 radical (unpaired) electrons. The third-order valence-electron chi connectivity index (χ3n) is 3.60. The van der Waals surface area contributed by atoms with Crippen molar-refractivity contribution in [2.75, 3.05) is 32.8 Å². The molecule has 1 heterocycles. The minimum absolute atomic E-state index is 0.900. The van der Waals surface area contributed by atoms with Crippen molar-refractivity contribution in [1.29, 1.82) is 0 Å². The quantitative estimate of drug-likeness (QED) is 0.560. The van der Waals surface area contributed by atoms with Crippen LogP contribution in [0.1, 0.15) is 24.0 Å². The third kappa shape index (κ3) is 4.89. The topological polar surface area (TPSA) is 12.5 Å². The first-order valence-electron chi connectivity index (χ1n) is 7.00. The number of rotatable bonds is 6. The van der Waals surface area contributed by atoms with E-state index in [2.05, 4.69) is 52.3 Å². The van der Waals surface area contributed by atoms with E-state index in [1.165, 1.54) is 34.1 Å². The Balaban J connectivity index is 1.75. The van der Waals surface area contributed by atoms with E-state index in [1.54, 1.807) is 0 Å². The summed E-state index contributed by atoms with van der Waals surface area (Å²) in [6.45, 7) is 9.10. The third-order valence-corrected chi connectivity index (χ3v) is 4.27. The smallest absolute Gasteiger partial charge is 0.0594 e. The Kier molecular flexibility index (Phi) is 6.34. The molecule has 0 aromatic heterocycles. The molecule has 104 valence electrons. The molecule has 0 unspecified atom stereocenters. The van der Waals surface area contributed by atoms with Crippen LogP contribution in [0.3, 0.4) is 0 Å². The number of benzene rings is 1. The molecule has 1 aromatic rings. The van der Waals surface area contributed by atoms with Gasteiger partial charge >= 0.3 is 0 Å². The van der Waals surface area contributed by atoms with Crippen molar-refractivity contribution in [1.82, 2.24) is 4.90 Å². The number of nitrogens with zero attached hydrogens (tertiary/aromatic N) is 1. The molecule has 0 atom stereocenters. The highest BCUT2D eigenvalue weighted by atomic mass is 127. The zero-order valence-corrected chi connectivity index (χ0v) is 13.6. The van der Waals surface area contributed by atoms with Gasteiger partial charge in [-0.1, -0.05) is 18.7 Å². The van der Waals surface area contributed by atoms with Gasteiger partial charge in [0.1, 0.15) is 0 Å². The molecule has 1 aliphatic heterocycles. The van der Waals surface area contributed by atoms with Gasteiger partial charge < -0.3 is 4.74 Å². The molecule has 0 bridgehead atoms. The predicted octanol–water partition coefficient (Wildman–Crippen LogP) is 3.59. The van der Waals surface area contributed by atoms with Crippen LogP contribution in [0.15, 0.2) is 24.8 Å². The van der Waals surface area contributed by atoms with Crippen LogP contribution in [0.2, 0.25) is 0 Å². The summed E-state index contributed by atoms with van der Waals surface area (Å²) in [6, 6.07) is 6.60. The number of aryl methyl sites for hydroxylation is 1. The normalized spacial score (nSPS) is 16.5. The fourth-order valence-electron chi connectivity index (χ4n) is 2.47. The second-order valence-electron chi connectivity index (χ2n) is 4.96. The predicted molar refractivity (Wildman–Crippen MR) is 89.4 cm³/mol. The van der Waals surface area contributed by atoms with Crippen molar-refractivity contribution in [3.8, 4) is 0 Å². The van der Waals surface area contributed by atoms with Gasteiger partial charge in [0.05, 0.1) is 13.2 Å². The Bertz CT molecular complexity index is 413. The maximum atomic E-state index is 5.37. The molecular formula is C16H22INO. The fourth-order valence-corrected chi connectivity index (χ4v) is 3.02. The van der Waals surface area contributed by atoms with Crippen molar-refractivity contribution in [2.24, 2.45) is 0 Å². The first-order chi connectivity index (χ1) is 9.29. The van der Waals surface area contributed by atoms with E-state index in [1.807, 2.05) is 6.08 Å². The standard InChI is InChI=1S/C16H22INO/c1-2-14-6-7-16(17)13-15(14)5-3-4-8-18-9-11-19-12-10-18/h2,6-7,13H,1,3-5,8-12H2. The second-order valence-corrected chi connectivity index (χ2v) is 6.20. The molecule has 1 aliphatic rings. The second kappa shape index (κ2) is 8.02. The first kappa shape index (κ1) is 15.0. The zero-order chi connectivity index (χ0) is 13.5. The van der Waals surface area contributed by atoms with Crippen molar-refractivity contribution in [2.45, 2.75) is 19.3 Å². The highest BCUT2D eigenvalue weighted by Crippen LogP contribution is 2.17. The highest BCUT2D eigenvalue weighted by Gasteiger charge is 2.09. The van der Waals surface area contributed by atoms with Crippen LogP contribution < -0.4 is 0 Å². The summed E-state index contributed by atoms with van der Waals surface area (Å²) in [7, 11) is 0. The van der Waals surface area contributed by atoms with E-state index in [-0.39, 0.29) is 0 Å². The van der Waals surface area contributed by atoms with Crippen molar-refractivity contribution in [3.05, 3.63) is 39.5 Å². The van der Waals surface area contributed by atoms with Gasteiger partial charge in [-0.25, -0.2) is 0 Å². The molecule has 0 aliphatic carbocycles. The molecule has 3 heteroatoms. The Labute approximate surface area is 130 Å². The molecule has 1 aromatic carbocycles. The van der Waals surface area contributed by atoms with E-state index < -0.39 is 0 Å². The molecule has 1 saturated heterocycles. The summed E-state index contributed by atoms with van der Waals surface area (Å²) >= 11 is 2.38. The Hall–Kier alpha value is -0.390. The van der Waals surface area contributed by atoms with Crippen molar-refractivity contribution in [3.63, 3.8) is 0 Å². The molecule has 0 saturated carbocycles. The molecule has 2 nitrogen and oxygen atoms in total. The minimum atomic E-state index is 0.900. The van der Waals surface area contributed by atoms with Crippen molar-refractivity contribution < 1.29 is 4.74 Å². The van der Waals surface area contributed by atoms with Gasteiger partial charge in [-0.15, -0.1) is 0 Å². The van der Waals surface area contributed by atoms with E-state index >= 15 is 0 Å². The lowest BCUT2D eigenvalue weighted by molar-refractivity contribution is 0.0372. The number of ether oxygens (including phenoxy) is 1. The van der Waals surface area contributed by atoms with Crippen LogP contribution in [-0.4, -0.2) is 37.7 Å². The number of hydrogen-bond donors (Lipinski definition) is 0. The number of unbranched alkanes of at least 4 members (excludes halogenated alkanes) is 1. The average molecular weight is 371 g/mol. The molecule has 19 heavy (non-hydrogen) atoms. The van der Waals surface area contributed by atoms with Crippen LogP contribution in [-0.2, 0) is 11.2 Å². The Morgan fingerprint density at radius 1 is 1.26 bits per heavy atom. The largest absolute Gasteiger partial charge is 0.379 e. The molecule has 2 rings (SSSR count). The molecule has 0 amide bonds. The van der Waals surface area contributed by atoms with Gasteiger partial charge in [-0.3, -0.25) is 4.90 Å². The number of hydrogen-bond acceptors (Lipinski definition) is 2. The van der Waals surface area contributed by atoms with E-state index in [4.69, 9.17) is 4.74 Å². The summed E-state index contributed by atoms with van der Waals surface area (Å²) in [5.74, 6) is 0. The fraction of sp³-hybridized carbons (Fsp3) is 0.500. The van der Waals surface area contributed by atoms with Crippen molar-refractivity contribution >= 4 is 28.7 Å². The van der Waals surface area contributed by atoms with Gasteiger partial charge in [-0.05, 0) is 71.7 Å². The summed E-state index contributed by atoms with van der Waals surface area (Å²) in [5.41, 5.74) is 2.72. The maximum absolute atomic E-state index is 5.37. The van der Waals surface area contributed by atoms with Crippen LogP contribution in [0, 0.1) is 3.57 Å². The van der Waals surface area contributed by atoms with Gasteiger partial charge in [0.15, 0.2) is 0 Å². The summed E-state index contributed by atoms with van der Waals surface area (Å²) in [6.07, 6.45) is 5.64. The van der Waals surface area contributed by atoms with E-state index in [0.29, 0.717) is 0 Å². The SMILES string of the molecule is C=Cc1ccc(I)cc1CCCCN1CCOCC1. The summed E-state index contributed by atoms with van der Waals surface area (Å²) in [4.78, 5) is 2.51. The maximum Gasteiger partial charge on any atom is 0.0594 e. The zero-order valence-electron chi connectivity index (χ0n) is 11.4. The van der Waals surface area contributed by atoms with E-state index in [9.17, 15) is 0 Å². The summed E-state index contributed by atoms with van der Waals surface area (Å²) in [5, 5.41) is 0. The monoisotopic (exact) mass is 371 g/mol. The lowest BCUT2D eigenvalue weighted by atomic mass is 10.0. The van der Waals surface area contributed by atoms with Crippen LogP contribution in [0.25, 0.3) is 6.08 Å². The van der Waals surface area contributed by atoms with Crippen LogP contribution in [0.5, 0.6) is 0 Å². The first-order valence-corrected chi connectivity index (χ1v) is 8.08. The minimum Gasteiger partial charge on any atom is -0.379 e. The lowest BCUT2D eigenvalue weighted by Crippen LogP contribution is -2.36. The Morgan fingerprint density at radius 2 is 2.05 bits per heavy atom. The van der Waals surface area contributed by atoms with Gasteiger partial charge in [-0.2, -0.15) is 0 Å². The van der Waals surface area contributed by atoms with Gasteiger partial charge in [0.2, 0.25) is 0 Å². The molecule has 0 N–H and O–H groups in total. The number of morpholine rings is 1. The van der Waals surface area contributed by atoms with E-state index in [0.717, 1.165) is 32.7 Å². The van der Waals surface area contributed by atoms with Gasteiger partial charge in [0.25, 0.3) is 0 Å². The molecule has 0 spiro atoms. The van der Waals surface area contributed by atoms with Crippen LogP contribution >= 0.6 is 22.6 Å². The summed E-state index contributed by atoms with van der Waals surface area (Å²) < 4.78 is 6.68. The lowest BCUT2D eigenvalue weighted by Gasteiger charge is -2.26.